The van der Waals surface area contributed by atoms with Crippen LogP contribution in [0.4, 0.5) is 0 Å². The van der Waals surface area contributed by atoms with E-state index in [0.717, 1.165) is 45.0 Å². The fourth-order valence-electron chi connectivity index (χ4n) is 4.46. The molecule has 3 aromatic rings. The molecule has 1 saturated heterocycles. The van der Waals surface area contributed by atoms with Gasteiger partial charge in [0, 0.05) is 23.5 Å². The summed E-state index contributed by atoms with van der Waals surface area (Å²) >= 11 is 0. The molecule has 0 saturated carbocycles. The van der Waals surface area contributed by atoms with Gasteiger partial charge in [-0.2, -0.15) is 0 Å². The van der Waals surface area contributed by atoms with E-state index in [2.05, 4.69) is 83.2 Å². The third kappa shape index (κ3) is 4.83. The first kappa shape index (κ1) is 21.6. The van der Waals surface area contributed by atoms with Crippen LogP contribution in [0.25, 0.3) is 0 Å². The van der Waals surface area contributed by atoms with Crippen LogP contribution in [0, 0.1) is 6.92 Å². The third-order valence-electron chi connectivity index (χ3n) is 6.79. The Kier molecular flexibility index (Phi) is 6.43. The molecular weight excluding hydrogens is 386 g/mol. The molecule has 164 valence electrons. The molecule has 1 aliphatic rings. The largest absolute Gasteiger partial charge is 0.322 e. The topological polar surface area (TPSA) is 65.4 Å². The van der Waals surface area contributed by atoms with Crippen LogP contribution in [0.5, 0.6) is 0 Å². The molecule has 0 radical (unpaired) electrons. The number of rotatable bonds is 7. The molecule has 2 N–H and O–H groups in total. The summed E-state index contributed by atoms with van der Waals surface area (Å²) < 4.78 is 2.05. The number of nitrogens with one attached hydrogen (secondary N) is 2. The molecular formula is C24H35N7+2. The summed E-state index contributed by atoms with van der Waals surface area (Å²) in [4.78, 5) is 7.43. The second-order valence-corrected chi connectivity index (χ2v) is 9.40. The molecule has 7 nitrogen and oxygen atoms in total. The molecule has 0 spiro atoms. The van der Waals surface area contributed by atoms with Crippen molar-refractivity contribution in [2.45, 2.75) is 52.2 Å². The zero-order valence-corrected chi connectivity index (χ0v) is 19.2. The van der Waals surface area contributed by atoms with Crippen LogP contribution in [-0.2, 0) is 12.1 Å². The molecule has 2 aromatic heterocycles. The normalized spacial score (nSPS) is 20.5. The van der Waals surface area contributed by atoms with Crippen LogP contribution < -0.4 is 9.80 Å². The highest BCUT2D eigenvalue weighted by atomic mass is 15.6. The highest BCUT2D eigenvalue weighted by Gasteiger charge is 2.38. The second kappa shape index (κ2) is 9.24. The van der Waals surface area contributed by atoms with E-state index >= 15 is 0 Å². The number of benzene rings is 1. The van der Waals surface area contributed by atoms with Gasteiger partial charge in [-0.05, 0) is 43.7 Å². The number of piperazine rings is 1. The predicted molar refractivity (Wildman–Crippen MR) is 120 cm³/mol. The van der Waals surface area contributed by atoms with Crippen LogP contribution >= 0.6 is 0 Å². The van der Waals surface area contributed by atoms with Gasteiger partial charge in [-0.1, -0.05) is 42.8 Å². The Morgan fingerprint density at radius 2 is 1.81 bits per heavy atom. The van der Waals surface area contributed by atoms with Gasteiger partial charge in [-0.25, -0.2) is 4.68 Å². The summed E-state index contributed by atoms with van der Waals surface area (Å²) in [6.45, 7) is 14.2. The predicted octanol–water partition coefficient (Wildman–Crippen LogP) is 0.595. The lowest BCUT2D eigenvalue weighted by Gasteiger charge is -2.35. The molecule has 0 bridgehead atoms. The number of tetrazole rings is 1. The lowest BCUT2D eigenvalue weighted by atomic mass is 9.98. The van der Waals surface area contributed by atoms with Crippen molar-refractivity contribution in [1.82, 2.24) is 25.2 Å². The Labute approximate surface area is 185 Å². The average Bonchev–Trinajstić information content (AvgIpc) is 3.28. The molecule has 31 heavy (non-hydrogen) atoms. The van der Waals surface area contributed by atoms with Crippen molar-refractivity contribution in [3.05, 3.63) is 71.3 Å². The summed E-state index contributed by atoms with van der Waals surface area (Å²) in [7, 11) is 0. The van der Waals surface area contributed by atoms with Gasteiger partial charge in [0.05, 0.1) is 5.54 Å². The summed E-state index contributed by atoms with van der Waals surface area (Å²) in [6, 6.07) is 13.2. The van der Waals surface area contributed by atoms with E-state index in [9.17, 15) is 0 Å². The smallest absolute Gasteiger partial charge is 0.214 e. The number of hydrogen-bond acceptors (Lipinski definition) is 4. The Hall–Kier alpha value is -2.64. The van der Waals surface area contributed by atoms with Crippen molar-refractivity contribution in [3.63, 3.8) is 0 Å². The van der Waals surface area contributed by atoms with Gasteiger partial charge in [0.15, 0.2) is 6.04 Å². The zero-order valence-electron chi connectivity index (χ0n) is 19.2. The lowest BCUT2D eigenvalue weighted by Crippen LogP contribution is -3.27. The van der Waals surface area contributed by atoms with E-state index < -0.39 is 0 Å². The van der Waals surface area contributed by atoms with Crippen LogP contribution in [0.15, 0.2) is 48.8 Å². The van der Waals surface area contributed by atoms with Crippen molar-refractivity contribution in [2.75, 3.05) is 26.2 Å². The monoisotopic (exact) mass is 421 g/mol. The number of quaternary nitrogens is 2. The zero-order chi connectivity index (χ0) is 21.8. The van der Waals surface area contributed by atoms with E-state index in [1.165, 1.54) is 16.7 Å². The van der Waals surface area contributed by atoms with E-state index in [-0.39, 0.29) is 11.6 Å². The van der Waals surface area contributed by atoms with Crippen molar-refractivity contribution < 1.29 is 9.80 Å². The van der Waals surface area contributed by atoms with Crippen molar-refractivity contribution >= 4 is 0 Å². The fraction of sp³-hybridized carbons (Fsp3) is 0.500. The highest BCUT2D eigenvalue weighted by molar-refractivity contribution is 5.26. The Morgan fingerprint density at radius 3 is 2.45 bits per heavy atom. The van der Waals surface area contributed by atoms with Crippen molar-refractivity contribution in [3.8, 4) is 0 Å². The van der Waals surface area contributed by atoms with Gasteiger partial charge in [0.2, 0.25) is 5.82 Å². The van der Waals surface area contributed by atoms with Gasteiger partial charge in [-0.15, -0.1) is 5.10 Å². The molecule has 0 unspecified atom stereocenters. The number of nitrogens with zero attached hydrogens (tertiary/aromatic N) is 5. The molecule has 0 aliphatic carbocycles. The first-order valence-corrected chi connectivity index (χ1v) is 11.4. The number of pyridine rings is 1. The molecule has 1 fully saturated rings. The number of aromatic nitrogens is 5. The van der Waals surface area contributed by atoms with Gasteiger partial charge in [0.1, 0.15) is 32.7 Å². The quantitative estimate of drug-likeness (QED) is 0.586. The van der Waals surface area contributed by atoms with Crippen LogP contribution in [-0.4, -0.2) is 51.4 Å². The minimum Gasteiger partial charge on any atom is -0.322 e. The Morgan fingerprint density at radius 1 is 1.06 bits per heavy atom. The first-order valence-electron chi connectivity index (χ1n) is 11.4. The number of hydrogen-bond donors (Lipinski definition) is 2. The van der Waals surface area contributed by atoms with Crippen molar-refractivity contribution in [1.29, 1.82) is 0 Å². The number of aryl methyl sites for hydroxylation is 1. The van der Waals surface area contributed by atoms with Crippen LogP contribution in [0.2, 0.25) is 0 Å². The SMILES string of the molecule is CCC(C)(C)n1nnnc1[C@@H](c1ccc(C)cc1)[NH+]1CC[NH+](Cc2cccnc2)CC1. The van der Waals surface area contributed by atoms with E-state index in [1.807, 2.05) is 18.5 Å². The van der Waals surface area contributed by atoms with E-state index in [1.54, 1.807) is 9.80 Å². The summed E-state index contributed by atoms with van der Waals surface area (Å²) in [5.41, 5.74) is 3.76. The molecule has 7 heteroatoms. The lowest BCUT2D eigenvalue weighted by molar-refractivity contribution is -1.03. The second-order valence-electron chi connectivity index (χ2n) is 9.40. The summed E-state index contributed by atoms with van der Waals surface area (Å²) in [5.74, 6) is 0.974. The molecule has 1 atom stereocenters. The maximum absolute atomic E-state index is 4.56. The van der Waals surface area contributed by atoms with Gasteiger partial charge >= 0.3 is 0 Å². The molecule has 4 rings (SSSR count). The minimum atomic E-state index is -0.116. The molecule has 3 heterocycles. The van der Waals surface area contributed by atoms with Crippen LogP contribution in [0.1, 0.15) is 55.7 Å². The summed E-state index contributed by atoms with van der Waals surface area (Å²) in [5, 5.41) is 13.1. The molecule has 0 amide bonds. The van der Waals surface area contributed by atoms with E-state index in [4.69, 9.17) is 0 Å². The first-order chi connectivity index (χ1) is 15.0. The van der Waals surface area contributed by atoms with E-state index in [0.29, 0.717) is 0 Å². The van der Waals surface area contributed by atoms with Crippen molar-refractivity contribution in [2.24, 2.45) is 0 Å². The third-order valence-corrected chi connectivity index (χ3v) is 6.79. The average molecular weight is 422 g/mol. The Bertz CT molecular complexity index is 957. The summed E-state index contributed by atoms with van der Waals surface area (Å²) in [6.07, 6.45) is 4.81. The highest BCUT2D eigenvalue weighted by Crippen LogP contribution is 2.25. The molecule has 1 aliphatic heterocycles. The van der Waals surface area contributed by atoms with Crippen LogP contribution in [0.3, 0.4) is 0 Å². The van der Waals surface area contributed by atoms with Gasteiger partial charge < -0.3 is 9.80 Å². The minimum absolute atomic E-state index is 0.116. The fourth-order valence-corrected chi connectivity index (χ4v) is 4.46. The maximum Gasteiger partial charge on any atom is 0.214 e. The maximum atomic E-state index is 4.56. The Balaban J connectivity index is 1.58. The van der Waals surface area contributed by atoms with Gasteiger partial charge in [-0.3, -0.25) is 4.98 Å². The standard InChI is InChI=1S/C24H33N7/c1-5-24(3,4)31-23(26-27-28-31)22(21-10-8-19(2)9-11-21)30-15-13-29(14-16-30)18-20-7-6-12-25-17-20/h6-12,17,22H,5,13-16,18H2,1-4H3/p+2/t22-/m1/s1. The van der Waals surface area contributed by atoms with Gasteiger partial charge in [0.25, 0.3) is 0 Å². The molecule has 1 aromatic carbocycles.